The molecule has 1 atom stereocenters. The molecule has 0 aliphatic heterocycles. The van der Waals surface area contributed by atoms with Crippen molar-refractivity contribution in [3.8, 4) is 5.75 Å². The highest BCUT2D eigenvalue weighted by Gasteiger charge is 2.09. The zero-order valence-corrected chi connectivity index (χ0v) is 11.0. The lowest BCUT2D eigenvalue weighted by atomic mass is 10.2. The van der Waals surface area contributed by atoms with E-state index in [1.807, 2.05) is 6.92 Å². The topological polar surface area (TPSA) is 52.0 Å². The lowest BCUT2D eigenvalue weighted by molar-refractivity contribution is 0.381. The molecule has 0 fully saturated rings. The van der Waals surface area contributed by atoms with Gasteiger partial charge in [-0.2, -0.15) is 5.10 Å². The Labute approximate surface area is 111 Å². The molecule has 1 N–H and O–H groups in total. The molecule has 19 heavy (non-hydrogen) atoms. The number of methoxy groups -OCH3 is 1. The summed E-state index contributed by atoms with van der Waals surface area (Å²) in [5, 5.41) is 7.27. The van der Waals surface area contributed by atoms with E-state index in [0.717, 1.165) is 0 Å². The van der Waals surface area contributed by atoms with Crippen LogP contribution in [0, 0.1) is 5.82 Å². The summed E-state index contributed by atoms with van der Waals surface area (Å²) < 4.78 is 20.6. The van der Waals surface area contributed by atoms with Crippen molar-refractivity contribution in [2.24, 2.45) is 0 Å². The quantitative estimate of drug-likeness (QED) is 0.861. The SMILES string of the molecule is COc1cccc(CNC(C)Cn2cncn2)c1F. The van der Waals surface area contributed by atoms with Crippen molar-refractivity contribution >= 4 is 0 Å². The molecule has 0 radical (unpaired) electrons. The van der Waals surface area contributed by atoms with E-state index in [1.165, 1.54) is 13.4 Å². The predicted molar refractivity (Wildman–Crippen MR) is 69.3 cm³/mol. The molecule has 2 rings (SSSR count). The van der Waals surface area contributed by atoms with Crippen molar-refractivity contribution in [3.05, 3.63) is 42.2 Å². The molecular formula is C13H17FN4O. The van der Waals surface area contributed by atoms with Gasteiger partial charge in [-0.3, -0.25) is 4.68 Å². The Morgan fingerprint density at radius 3 is 3.00 bits per heavy atom. The highest BCUT2D eigenvalue weighted by atomic mass is 19.1. The average Bonchev–Trinajstić information content (AvgIpc) is 2.90. The van der Waals surface area contributed by atoms with Crippen LogP contribution in [-0.2, 0) is 13.1 Å². The maximum atomic E-state index is 13.9. The number of hydrogen-bond acceptors (Lipinski definition) is 4. The van der Waals surface area contributed by atoms with Gasteiger partial charge in [0, 0.05) is 18.2 Å². The minimum absolute atomic E-state index is 0.160. The molecule has 1 unspecified atom stereocenters. The van der Waals surface area contributed by atoms with Gasteiger partial charge < -0.3 is 10.1 Å². The lowest BCUT2D eigenvalue weighted by Crippen LogP contribution is -2.30. The van der Waals surface area contributed by atoms with Gasteiger partial charge in [-0.15, -0.1) is 0 Å². The first-order valence-corrected chi connectivity index (χ1v) is 6.08. The van der Waals surface area contributed by atoms with Crippen LogP contribution in [0.1, 0.15) is 12.5 Å². The Kier molecular flexibility index (Phi) is 4.46. The van der Waals surface area contributed by atoms with E-state index in [-0.39, 0.29) is 17.6 Å². The van der Waals surface area contributed by atoms with E-state index >= 15 is 0 Å². The number of aromatic nitrogens is 3. The molecule has 0 saturated carbocycles. The van der Waals surface area contributed by atoms with Gasteiger partial charge in [0.2, 0.25) is 0 Å². The zero-order chi connectivity index (χ0) is 13.7. The molecule has 1 heterocycles. The van der Waals surface area contributed by atoms with Crippen LogP contribution in [0.25, 0.3) is 0 Å². The van der Waals surface area contributed by atoms with Gasteiger partial charge >= 0.3 is 0 Å². The molecule has 102 valence electrons. The number of halogens is 1. The maximum Gasteiger partial charge on any atom is 0.169 e. The Morgan fingerprint density at radius 1 is 1.47 bits per heavy atom. The fraction of sp³-hybridized carbons (Fsp3) is 0.385. The monoisotopic (exact) mass is 264 g/mol. The standard InChI is InChI=1S/C13H17FN4O/c1-10(7-18-9-15-8-17-18)16-6-11-4-3-5-12(19-2)13(11)14/h3-5,8-10,16H,6-7H2,1-2H3. The highest BCUT2D eigenvalue weighted by molar-refractivity contribution is 5.30. The van der Waals surface area contributed by atoms with E-state index in [4.69, 9.17) is 4.74 Å². The summed E-state index contributed by atoms with van der Waals surface area (Å²) >= 11 is 0. The van der Waals surface area contributed by atoms with Crippen LogP contribution in [-0.4, -0.2) is 27.9 Å². The van der Waals surface area contributed by atoms with Crippen molar-refractivity contribution in [1.82, 2.24) is 20.1 Å². The van der Waals surface area contributed by atoms with Crippen LogP contribution >= 0.6 is 0 Å². The third-order valence-electron chi connectivity index (χ3n) is 2.83. The molecule has 0 bridgehead atoms. The summed E-state index contributed by atoms with van der Waals surface area (Å²) in [6.07, 6.45) is 3.15. The fourth-order valence-corrected chi connectivity index (χ4v) is 1.81. The van der Waals surface area contributed by atoms with Gasteiger partial charge in [0.05, 0.1) is 13.7 Å². The van der Waals surface area contributed by atoms with Crippen LogP contribution in [0.2, 0.25) is 0 Å². The van der Waals surface area contributed by atoms with Gasteiger partial charge in [0.1, 0.15) is 12.7 Å². The van der Waals surface area contributed by atoms with Crippen molar-refractivity contribution in [1.29, 1.82) is 0 Å². The van der Waals surface area contributed by atoms with Gasteiger partial charge in [-0.25, -0.2) is 9.37 Å². The van der Waals surface area contributed by atoms with Crippen LogP contribution in [0.4, 0.5) is 4.39 Å². The summed E-state index contributed by atoms with van der Waals surface area (Å²) in [7, 11) is 1.46. The Bertz CT molecular complexity index is 515. The third-order valence-corrected chi connectivity index (χ3v) is 2.83. The Morgan fingerprint density at radius 2 is 2.32 bits per heavy atom. The molecule has 0 saturated heterocycles. The minimum atomic E-state index is -0.314. The van der Waals surface area contributed by atoms with Gasteiger partial charge in [0.25, 0.3) is 0 Å². The number of nitrogens with zero attached hydrogens (tertiary/aromatic N) is 3. The Balaban J connectivity index is 1.91. The van der Waals surface area contributed by atoms with Crippen LogP contribution in [0.15, 0.2) is 30.9 Å². The molecule has 6 heteroatoms. The first kappa shape index (κ1) is 13.5. The predicted octanol–water partition coefficient (Wildman–Crippen LogP) is 1.60. The average molecular weight is 264 g/mol. The van der Waals surface area contributed by atoms with E-state index in [0.29, 0.717) is 18.7 Å². The largest absolute Gasteiger partial charge is 0.494 e. The first-order chi connectivity index (χ1) is 9.20. The van der Waals surface area contributed by atoms with Gasteiger partial charge in [-0.1, -0.05) is 12.1 Å². The number of nitrogens with one attached hydrogen (secondary N) is 1. The van der Waals surface area contributed by atoms with Crippen LogP contribution in [0.5, 0.6) is 5.75 Å². The van der Waals surface area contributed by atoms with Crippen molar-refractivity contribution in [2.45, 2.75) is 26.1 Å². The number of benzene rings is 1. The van der Waals surface area contributed by atoms with Crippen molar-refractivity contribution < 1.29 is 9.13 Å². The molecule has 0 amide bonds. The van der Waals surface area contributed by atoms with E-state index < -0.39 is 0 Å². The normalized spacial score (nSPS) is 12.4. The van der Waals surface area contributed by atoms with E-state index in [9.17, 15) is 4.39 Å². The van der Waals surface area contributed by atoms with Crippen molar-refractivity contribution in [3.63, 3.8) is 0 Å². The second-order valence-electron chi connectivity index (χ2n) is 4.33. The number of hydrogen-bond donors (Lipinski definition) is 1. The molecular weight excluding hydrogens is 247 g/mol. The second-order valence-corrected chi connectivity index (χ2v) is 4.33. The summed E-state index contributed by atoms with van der Waals surface area (Å²) in [4.78, 5) is 3.88. The second kappa shape index (κ2) is 6.29. The molecule has 1 aromatic heterocycles. The minimum Gasteiger partial charge on any atom is -0.494 e. The van der Waals surface area contributed by atoms with Crippen LogP contribution < -0.4 is 10.1 Å². The fourth-order valence-electron chi connectivity index (χ4n) is 1.81. The molecule has 1 aromatic carbocycles. The Hall–Kier alpha value is -1.95. The molecule has 5 nitrogen and oxygen atoms in total. The smallest absolute Gasteiger partial charge is 0.169 e. The third kappa shape index (κ3) is 3.51. The summed E-state index contributed by atoms with van der Waals surface area (Å²) in [5.41, 5.74) is 0.588. The van der Waals surface area contributed by atoms with E-state index in [1.54, 1.807) is 29.2 Å². The summed E-state index contributed by atoms with van der Waals surface area (Å²) in [5.74, 6) is -0.0475. The van der Waals surface area contributed by atoms with Crippen molar-refractivity contribution in [2.75, 3.05) is 7.11 Å². The number of rotatable bonds is 6. The van der Waals surface area contributed by atoms with Gasteiger partial charge in [0.15, 0.2) is 11.6 Å². The molecule has 0 aliphatic carbocycles. The summed E-state index contributed by atoms with van der Waals surface area (Å²) in [6, 6.07) is 5.29. The van der Waals surface area contributed by atoms with E-state index in [2.05, 4.69) is 15.4 Å². The maximum absolute atomic E-state index is 13.9. The number of ether oxygens (including phenoxy) is 1. The molecule has 0 spiro atoms. The first-order valence-electron chi connectivity index (χ1n) is 6.08. The zero-order valence-electron chi connectivity index (χ0n) is 11.0. The lowest BCUT2D eigenvalue weighted by Gasteiger charge is -2.14. The van der Waals surface area contributed by atoms with Crippen LogP contribution in [0.3, 0.4) is 0 Å². The molecule has 0 aliphatic rings. The van der Waals surface area contributed by atoms with Gasteiger partial charge in [-0.05, 0) is 13.0 Å². The summed E-state index contributed by atoms with van der Waals surface area (Å²) in [6.45, 7) is 3.14. The molecule has 2 aromatic rings. The highest BCUT2D eigenvalue weighted by Crippen LogP contribution is 2.19.